The Morgan fingerprint density at radius 3 is 1.89 bits per heavy atom. The van der Waals surface area contributed by atoms with Crippen molar-refractivity contribution >= 4 is 23.2 Å². The summed E-state index contributed by atoms with van der Waals surface area (Å²) in [5.41, 5.74) is 15.6. The Bertz CT molecular complexity index is 2260. The Kier molecular flexibility index (Phi) is 16.1. The molecule has 0 aromatic heterocycles. The molecular weight excluding hydrogens is 773 g/mol. The average Bonchev–Trinajstić information content (AvgIpc) is 3.31. The molecule has 6 aromatic carbocycles. The van der Waals surface area contributed by atoms with Crippen LogP contribution in [0.3, 0.4) is 0 Å². The number of aliphatic hydroxyl groups excluding tert-OH is 1. The van der Waals surface area contributed by atoms with Gasteiger partial charge in [-0.25, -0.2) is 0 Å². The Hall–Kier alpha value is -6.10. The van der Waals surface area contributed by atoms with Gasteiger partial charge in [-0.05, 0) is 63.9 Å². The number of ether oxygens (including phenoxy) is 2. The molecule has 0 unspecified atom stereocenters. The summed E-state index contributed by atoms with van der Waals surface area (Å²) in [5, 5.41) is 15.7. The number of hydrogen-bond donors (Lipinski definition) is 4. The molecule has 9 nitrogen and oxygen atoms in total. The molecule has 1 fully saturated rings. The van der Waals surface area contributed by atoms with Crippen LogP contribution < -0.4 is 16.4 Å². The van der Waals surface area contributed by atoms with E-state index in [1.54, 1.807) is 12.1 Å². The minimum absolute atomic E-state index is 0.00704. The topological polar surface area (TPSA) is 126 Å². The van der Waals surface area contributed by atoms with Crippen LogP contribution in [0.2, 0.25) is 0 Å². The number of nitrogens with one attached hydrogen (secondary N) is 2. The standard InChI is InChI=1S/C53H58N4O5/c54-48-21-13-14-22-49(48)56-52(60)24-10-2-1-9-23-51(59)55-34-45-19-11-12-20-47(45)42-29-31-44(32-30-42)53-61-46(33-50(62-53)43-27-25-41(38-58)26-28-43)37-57(35-39-15-5-3-6-16-39)36-40-17-7-4-8-18-40/h3-8,11-22,25-32,46,50,53,58H,1-2,9-10,23-24,33-38,54H2,(H,55,59)(H,56,60)/t46-,50+,53+/m0/s1. The molecule has 7 rings (SSSR count). The predicted molar refractivity (Wildman–Crippen MR) is 246 cm³/mol. The summed E-state index contributed by atoms with van der Waals surface area (Å²) in [6.45, 7) is 2.72. The number of nitrogen functional groups attached to an aromatic ring is 1. The van der Waals surface area contributed by atoms with E-state index in [1.165, 1.54) is 11.1 Å². The number of para-hydroxylation sites is 2. The summed E-state index contributed by atoms with van der Waals surface area (Å²) < 4.78 is 13.6. The van der Waals surface area contributed by atoms with Crippen LogP contribution in [0.1, 0.15) is 90.7 Å². The first kappa shape index (κ1) is 44.0. The Balaban J connectivity index is 0.961. The molecule has 2 amide bonds. The lowest BCUT2D eigenvalue weighted by Gasteiger charge is -2.38. The number of nitrogens with two attached hydrogens (primary N) is 1. The predicted octanol–water partition coefficient (Wildman–Crippen LogP) is 10.3. The fourth-order valence-corrected chi connectivity index (χ4v) is 8.00. The van der Waals surface area contributed by atoms with Gasteiger partial charge in [0.15, 0.2) is 6.29 Å². The molecule has 1 saturated heterocycles. The maximum Gasteiger partial charge on any atom is 0.224 e. The highest BCUT2D eigenvalue weighted by atomic mass is 16.7. The van der Waals surface area contributed by atoms with Crippen molar-refractivity contribution < 1.29 is 24.2 Å². The monoisotopic (exact) mass is 830 g/mol. The number of nitrogens with zero attached hydrogens (tertiary/aromatic N) is 1. The van der Waals surface area contributed by atoms with E-state index >= 15 is 0 Å². The Morgan fingerprint density at radius 1 is 0.629 bits per heavy atom. The summed E-state index contributed by atoms with van der Waals surface area (Å²) in [4.78, 5) is 27.6. The molecule has 0 aliphatic carbocycles. The molecule has 6 aromatic rings. The lowest BCUT2D eigenvalue weighted by atomic mass is 9.97. The number of carbonyl (C=O) groups excluding carboxylic acids is 2. The van der Waals surface area contributed by atoms with Gasteiger partial charge in [0.05, 0.1) is 30.2 Å². The summed E-state index contributed by atoms with van der Waals surface area (Å²) >= 11 is 0. The van der Waals surface area contributed by atoms with E-state index in [9.17, 15) is 14.7 Å². The van der Waals surface area contributed by atoms with Crippen molar-refractivity contribution in [2.24, 2.45) is 0 Å². The quantitative estimate of drug-likeness (QED) is 0.0446. The van der Waals surface area contributed by atoms with Crippen molar-refractivity contribution in [3.8, 4) is 11.1 Å². The molecule has 320 valence electrons. The van der Waals surface area contributed by atoms with Crippen LogP contribution in [-0.2, 0) is 45.3 Å². The number of benzene rings is 6. The third kappa shape index (κ3) is 13.0. The molecule has 5 N–H and O–H groups in total. The molecule has 62 heavy (non-hydrogen) atoms. The summed E-state index contributed by atoms with van der Waals surface area (Å²) in [6, 6.07) is 52.9. The number of unbranched alkanes of at least 4 members (excludes halogenated alkanes) is 3. The average molecular weight is 831 g/mol. The van der Waals surface area contributed by atoms with Gasteiger partial charge in [0.25, 0.3) is 0 Å². The van der Waals surface area contributed by atoms with Gasteiger partial charge in [-0.1, -0.05) is 158 Å². The van der Waals surface area contributed by atoms with Crippen molar-refractivity contribution in [3.05, 3.63) is 191 Å². The summed E-state index contributed by atoms with van der Waals surface area (Å²) in [7, 11) is 0. The van der Waals surface area contributed by atoms with Gasteiger partial charge in [-0.15, -0.1) is 0 Å². The minimum atomic E-state index is -0.582. The molecular formula is C53H58N4O5. The van der Waals surface area contributed by atoms with Crippen molar-refractivity contribution in [2.75, 3.05) is 17.6 Å². The van der Waals surface area contributed by atoms with Crippen LogP contribution in [0.4, 0.5) is 11.4 Å². The zero-order valence-corrected chi connectivity index (χ0v) is 35.3. The van der Waals surface area contributed by atoms with Gasteiger partial charge in [-0.3, -0.25) is 14.5 Å². The van der Waals surface area contributed by atoms with Gasteiger partial charge >= 0.3 is 0 Å². The first-order valence-electron chi connectivity index (χ1n) is 21.8. The molecule has 0 bridgehead atoms. The second-order valence-corrected chi connectivity index (χ2v) is 16.1. The lowest BCUT2D eigenvalue weighted by molar-refractivity contribution is -0.253. The van der Waals surface area contributed by atoms with Crippen LogP contribution in [0.15, 0.2) is 158 Å². The van der Waals surface area contributed by atoms with Gasteiger partial charge in [0, 0.05) is 51.0 Å². The maximum atomic E-state index is 12.9. The number of hydrogen-bond acceptors (Lipinski definition) is 7. The lowest BCUT2D eigenvalue weighted by Crippen LogP contribution is -2.39. The van der Waals surface area contributed by atoms with Gasteiger partial charge in [-0.2, -0.15) is 0 Å². The van der Waals surface area contributed by atoms with E-state index in [-0.39, 0.29) is 30.6 Å². The van der Waals surface area contributed by atoms with E-state index in [1.807, 2.05) is 60.7 Å². The van der Waals surface area contributed by atoms with Crippen molar-refractivity contribution in [1.82, 2.24) is 10.2 Å². The van der Waals surface area contributed by atoms with Crippen molar-refractivity contribution in [1.29, 1.82) is 0 Å². The molecule has 0 spiro atoms. The highest BCUT2D eigenvalue weighted by molar-refractivity contribution is 5.93. The van der Waals surface area contributed by atoms with Crippen molar-refractivity contribution in [3.63, 3.8) is 0 Å². The molecule has 1 aliphatic rings. The smallest absolute Gasteiger partial charge is 0.224 e. The van der Waals surface area contributed by atoms with E-state index in [0.717, 1.165) is 78.7 Å². The number of aliphatic hydroxyl groups is 1. The largest absolute Gasteiger partial charge is 0.397 e. The zero-order valence-electron chi connectivity index (χ0n) is 35.3. The first-order chi connectivity index (χ1) is 30.4. The number of anilines is 2. The van der Waals surface area contributed by atoms with E-state index in [2.05, 4.69) is 100 Å². The third-order valence-electron chi connectivity index (χ3n) is 11.4. The molecule has 1 aliphatic heterocycles. The molecule has 3 atom stereocenters. The van der Waals surface area contributed by atoms with Crippen LogP contribution in [0.25, 0.3) is 11.1 Å². The fraction of sp³-hybridized carbons (Fsp3) is 0.283. The van der Waals surface area contributed by atoms with E-state index in [0.29, 0.717) is 37.2 Å². The highest BCUT2D eigenvalue weighted by Gasteiger charge is 2.33. The Labute approximate surface area is 365 Å². The van der Waals surface area contributed by atoms with E-state index < -0.39 is 6.29 Å². The molecule has 0 radical (unpaired) electrons. The first-order valence-corrected chi connectivity index (χ1v) is 21.8. The molecule has 1 heterocycles. The summed E-state index contributed by atoms with van der Waals surface area (Å²) in [6.07, 6.45) is 3.94. The van der Waals surface area contributed by atoms with Crippen LogP contribution in [0, 0.1) is 0 Å². The van der Waals surface area contributed by atoms with Crippen LogP contribution >= 0.6 is 0 Å². The van der Waals surface area contributed by atoms with Crippen LogP contribution in [-0.4, -0.2) is 34.5 Å². The minimum Gasteiger partial charge on any atom is -0.397 e. The number of amides is 2. The van der Waals surface area contributed by atoms with Gasteiger partial charge in [0.2, 0.25) is 11.8 Å². The maximum absolute atomic E-state index is 12.9. The highest BCUT2D eigenvalue weighted by Crippen LogP contribution is 2.39. The second-order valence-electron chi connectivity index (χ2n) is 16.1. The van der Waals surface area contributed by atoms with E-state index in [4.69, 9.17) is 15.2 Å². The van der Waals surface area contributed by atoms with Crippen LogP contribution in [0.5, 0.6) is 0 Å². The SMILES string of the molecule is Nc1ccccc1NC(=O)CCCCCCC(=O)NCc1ccccc1-c1ccc([C@@H]2O[C@H](CN(Cc3ccccc3)Cc3ccccc3)C[C@H](c3ccc(CO)cc3)O2)cc1. The zero-order chi connectivity index (χ0) is 42.9. The second kappa shape index (κ2) is 22.7. The molecule has 0 saturated carbocycles. The third-order valence-corrected chi connectivity index (χ3v) is 11.4. The summed E-state index contributed by atoms with van der Waals surface area (Å²) in [5.74, 6) is -0.0370. The number of carbonyl (C=O) groups is 2. The molecule has 9 heteroatoms. The normalized spacial score (nSPS) is 16.2. The Morgan fingerprint density at radius 2 is 1.23 bits per heavy atom. The van der Waals surface area contributed by atoms with Gasteiger partial charge < -0.3 is 30.9 Å². The van der Waals surface area contributed by atoms with Gasteiger partial charge in [0.1, 0.15) is 0 Å². The number of rotatable bonds is 20. The van der Waals surface area contributed by atoms with Crippen molar-refractivity contribution in [2.45, 2.75) is 89.7 Å². The fourth-order valence-electron chi connectivity index (χ4n) is 8.00.